The molecule has 3 heterocycles. The van der Waals surface area contributed by atoms with Crippen LogP contribution in [0.1, 0.15) is 4.88 Å². The molecule has 0 fully saturated rings. The fourth-order valence-corrected chi connectivity index (χ4v) is 3.83. The molecule has 0 bridgehead atoms. The van der Waals surface area contributed by atoms with Crippen molar-refractivity contribution in [2.45, 2.75) is 25.6 Å². The summed E-state index contributed by atoms with van der Waals surface area (Å²) in [5, 5.41) is 10.8. The Hall–Kier alpha value is -3.12. The average Bonchev–Trinajstić information content (AvgIpc) is 3.32. The Balaban J connectivity index is 1.34. The van der Waals surface area contributed by atoms with Crippen molar-refractivity contribution in [1.82, 2.24) is 9.55 Å². The minimum Gasteiger partial charge on any atom is -0.443 e. The number of halogens is 3. The average molecular weight is 441 g/mol. The summed E-state index contributed by atoms with van der Waals surface area (Å²) in [7, 11) is 0. The second kappa shape index (κ2) is 7.95. The second-order valence-electron chi connectivity index (χ2n) is 6.37. The first kappa shape index (κ1) is 20.2. The fourth-order valence-electron chi connectivity index (χ4n) is 2.89. The predicted octanol–water partition coefficient (Wildman–Crippen LogP) is 4.40. The van der Waals surface area contributed by atoms with Gasteiger partial charge in [-0.25, -0.2) is 0 Å². The SMILES string of the molecule is O=[N+]([O-])c1cn2c(n1)OC[C@@H](OCc1ccc(-c3ccc(OC(F)(F)F)cc3)s1)C2. The summed E-state index contributed by atoms with van der Waals surface area (Å²) in [4.78, 5) is 15.8. The maximum atomic E-state index is 12.2. The molecule has 0 saturated heterocycles. The summed E-state index contributed by atoms with van der Waals surface area (Å²) in [6.07, 6.45) is -3.71. The summed E-state index contributed by atoms with van der Waals surface area (Å²) in [5.41, 5.74) is 0.761. The van der Waals surface area contributed by atoms with Gasteiger partial charge in [0.2, 0.25) is 0 Å². The van der Waals surface area contributed by atoms with Crippen LogP contribution >= 0.6 is 11.3 Å². The molecule has 2 aromatic heterocycles. The highest BCUT2D eigenvalue weighted by Gasteiger charge is 2.31. The number of rotatable bonds is 6. The topological polar surface area (TPSA) is 88.7 Å². The molecular weight excluding hydrogens is 427 g/mol. The molecule has 0 aliphatic carbocycles. The number of imidazole rings is 1. The lowest BCUT2D eigenvalue weighted by molar-refractivity contribution is -0.389. The molecular formula is C18H14F3N3O5S. The van der Waals surface area contributed by atoms with Crippen molar-refractivity contribution in [2.24, 2.45) is 0 Å². The summed E-state index contributed by atoms with van der Waals surface area (Å²) < 4.78 is 53.4. The Morgan fingerprint density at radius 3 is 2.73 bits per heavy atom. The van der Waals surface area contributed by atoms with Gasteiger partial charge in [-0.1, -0.05) is 0 Å². The van der Waals surface area contributed by atoms with Crippen molar-refractivity contribution in [2.75, 3.05) is 6.61 Å². The number of nitro groups is 1. The van der Waals surface area contributed by atoms with Crippen molar-refractivity contribution in [3.05, 3.63) is 57.6 Å². The highest BCUT2D eigenvalue weighted by molar-refractivity contribution is 7.15. The number of hydrogen-bond acceptors (Lipinski definition) is 7. The zero-order valence-corrected chi connectivity index (χ0v) is 16.0. The molecule has 0 amide bonds. The van der Waals surface area contributed by atoms with Crippen LogP contribution in [0.5, 0.6) is 11.8 Å². The maximum absolute atomic E-state index is 12.2. The van der Waals surface area contributed by atoms with Crippen LogP contribution in [0, 0.1) is 10.1 Å². The van der Waals surface area contributed by atoms with Crippen LogP contribution in [-0.4, -0.2) is 33.5 Å². The highest BCUT2D eigenvalue weighted by Crippen LogP contribution is 2.31. The smallest absolute Gasteiger partial charge is 0.443 e. The van der Waals surface area contributed by atoms with Crippen molar-refractivity contribution in [3.63, 3.8) is 0 Å². The lowest BCUT2D eigenvalue weighted by Gasteiger charge is -2.22. The van der Waals surface area contributed by atoms with Gasteiger partial charge in [-0.05, 0) is 46.9 Å². The number of fused-ring (bicyclic) bond motifs is 1. The van der Waals surface area contributed by atoms with Crippen molar-refractivity contribution >= 4 is 17.2 Å². The van der Waals surface area contributed by atoms with Gasteiger partial charge in [0.1, 0.15) is 24.7 Å². The summed E-state index contributed by atoms with van der Waals surface area (Å²) in [6, 6.07) is 9.56. The Morgan fingerprint density at radius 2 is 2.03 bits per heavy atom. The van der Waals surface area contributed by atoms with Gasteiger partial charge in [0.15, 0.2) is 0 Å². The molecule has 0 spiro atoms. The largest absolute Gasteiger partial charge is 0.573 e. The molecule has 30 heavy (non-hydrogen) atoms. The van der Waals surface area contributed by atoms with Gasteiger partial charge in [-0.2, -0.15) is 0 Å². The van der Waals surface area contributed by atoms with Gasteiger partial charge >= 0.3 is 18.2 Å². The molecule has 0 unspecified atom stereocenters. The minimum atomic E-state index is -4.72. The number of hydrogen-bond donors (Lipinski definition) is 0. The number of thiophene rings is 1. The fraction of sp³-hybridized carbons (Fsp3) is 0.278. The van der Waals surface area contributed by atoms with Gasteiger partial charge in [-0.15, -0.1) is 24.5 Å². The number of alkyl halides is 3. The number of ether oxygens (including phenoxy) is 3. The zero-order valence-electron chi connectivity index (χ0n) is 15.2. The summed E-state index contributed by atoms with van der Waals surface area (Å²) in [6.45, 7) is 0.919. The Kier molecular flexibility index (Phi) is 5.35. The Bertz CT molecular complexity index is 1050. The third-order valence-corrected chi connectivity index (χ3v) is 5.32. The van der Waals surface area contributed by atoms with Crippen LogP contribution < -0.4 is 9.47 Å². The van der Waals surface area contributed by atoms with Crippen molar-refractivity contribution in [3.8, 4) is 22.2 Å². The molecule has 3 aromatic rings. The van der Waals surface area contributed by atoms with E-state index in [0.29, 0.717) is 13.2 Å². The Labute approximate surface area is 171 Å². The van der Waals surface area contributed by atoms with E-state index in [-0.39, 0.29) is 30.3 Å². The van der Waals surface area contributed by atoms with E-state index < -0.39 is 11.3 Å². The van der Waals surface area contributed by atoms with Crippen LogP contribution in [0.3, 0.4) is 0 Å². The van der Waals surface area contributed by atoms with Crippen LogP contribution in [-0.2, 0) is 17.9 Å². The predicted molar refractivity (Wildman–Crippen MR) is 99.4 cm³/mol. The van der Waals surface area contributed by atoms with E-state index >= 15 is 0 Å². The lowest BCUT2D eigenvalue weighted by Crippen LogP contribution is -2.32. The molecule has 1 atom stereocenters. The molecule has 0 N–H and O–H groups in total. The molecule has 4 rings (SSSR count). The summed E-state index contributed by atoms with van der Waals surface area (Å²) >= 11 is 1.45. The van der Waals surface area contributed by atoms with E-state index in [1.165, 1.54) is 34.2 Å². The van der Waals surface area contributed by atoms with Gasteiger partial charge < -0.3 is 24.3 Å². The monoisotopic (exact) mass is 441 g/mol. The number of nitrogens with zero attached hydrogens (tertiary/aromatic N) is 3. The quantitative estimate of drug-likeness (QED) is 0.416. The first-order valence-corrected chi connectivity index (χ1v) is 9.49. The van der Waals surface area contributed by atoms with E-state index in [2.05, 4.69) is 9.72 Å². The molecule has 1 aromatic carbocycles. The second-order valence-corrected chi connectivity index (χ2v) is 7.54. The maximum Gasteiger partial charge on any atom is 0.573 e. The van der Waals surface area contributed by atoms with Gasteiger partial charge in [0.25, 0.3) is 0 Å². The minimum absolute atomic E-state index is 0.193. The van der Waals surface area contributed by atoms with E-state index in [1.54, 1.807) is 12.1 Å². The summed E-state index contributed by atoms with van der Waals surface area (Å²) in [5.74, 6) is -0.553. The third kappa shape index (κ3) is 4.71. The third-order valence-electron chi connectivity index (χ3n) is 4.21. The lowest BCUT2D eigenvalue weighted by atomic mass is 10.2. The number of aromatic nitrogens is 2. The molecule has 8 nitrogen and oxygen atoms in total. The molecule has 158 valence electrons. The van der Waals surface area contributed by atoms with Crippen LogP contribution in [0.15, 0.2) is 42.6 Å². The molecule has 12 heteroatoms. The van der Waals surface area contributed by atoms with Gasteiger partial charge in [-0.3, -0.25) is 4.57 Å². The van der Waals surface area contributed by atoms with E-state index in [9.17, 15) is 23.3 Å². The molecule has 1 aliphatic rings. The first-order valence-electron chi connectivity index (χ1n) is 8.68. The van der Waals surface area contributed by atoms with Gasteiger partial charge in [0.05, 0.1) is 13.2 Å². The molecule has 1 aliphatic heterocycles. The normalized spacial score (nSPS) is 16.0. The standard InChI is InChI=1S/C18H14F3N3O5S/c19-18(20,21)29-12-3-1-11(2-4-12)15-6-5-14(30-15)10-27-13-7-23-8-16(24(25)26)22-17(23)28-9-13/h1-6,8,13H,7,9-10H2/t13-/m0/s1. The van der Waals surface area contributed by atoms with E-state index in [1.807, 2.05) is 12.1 Å². The Morgan fingerprint density at radius 1 is 1.27 bits per heavy atom. The van der Waals surface area contributed by atoms with Crippen molar-refractivity contribution in [1.29, 1.82) is 0 Å². The van der Waals surface area contributed by atoms with E-state index in [0.717, 1.165) is 15.3 Å². The number of benzene rings is 1. The van der Waals surface area contributed by atoms with Crippen molar-refractivity contribution < 1.29 is 32.3 Å². The van der Waals surface area contributed by atoms with Crippen LogP contribution in [0.25, 0.3) is 10.4 Å². The van der Waals surface area contributed by atoms with Crippen LogP contribution in [0.2, 0.25) is 0 Å². The molecule has 0 radical (unpaired) electrons. The zero-order chi connectivity index (χ0) is 21.3. The first-order chi connectivity index (χ1) is 14.3. The van der Waals surface area contributed by atoms with E-state index in [4.69, 9.17) is 9.47 Å². The molecule has 0 saturated carbocycles. The highest BCUT2D eigenvalue weighted by atomic mass is 32.1. The van der Waals surface area contributed by atoms with Gasteiger partial charge in [0, 0.05) is 14.7 Å². The van der Waals surface area contributed by atoms with Crippen LogP contribution in [0.4, 0.5) is 19.0 Å².